The minimum atomic E-state index is -3.68. The highest BCUT2D eigenvalue weighted by Gasteiger charge is 2.22. The number of sulfonamides is 1. The summed E-state index contributed by atoms with van der Waals surface area (Å²) in [5, 5.41) is 0. The fourth-order valence-electron chi connectivity index (χ4n) is 2.73. The van der Waals surface area contributed by atoms with Gasteiger partial charge in [0.05, 0.1) is 11.4 Å². The molecule has 0 bridgehead atoms. The highest BCUT2D eigenvalue weighted by molar-refractivity contribution is 7.92. The number of rotatable bonds is 5. The number of ether oxygens (including phenoxy) is 1. The first-order valence-electron chi connectivity index (χ1n) is 7.96. The van der Waals surface area contributed by atoms with E-state index < -0.39 is 10.0 Å². The standard InChI is InChI=1S/C18H20N2O4S/c1-13-6-7-14(2)17(10-13)25(22,23)19-16-5-3-4-15(11-16)12-20-8-9-24-18(20)21/h3-7,10-11,19H,8-9,12H2,1-2H3. The largest absolute Gasteiger partial charge is 0.448 e. The summed E-state index contributed by atoms with van der Waals surface area (Å²) in [5.74, 6) is 0. The van der Waals surface area contributed by atoms with Gasteiger partial charge in [-0.05, 0) is 48.7 Å². The Bertz CT molecular complexity index is 909. The van der Waals surface area contributed by atoms with Crippen LogP contribution in [0.25, 0.3) is 0 Å². The lowest BCUT2D eigenvalue weighted by atomic mass is 10.2. The van der Waals surface area contributed by atoms with Gasteiger partial charge >= 0.3 is 6.09 Å². The second kappa shape index (κ2) is 6.76. The van der Waals surface area contributed by atoms with Crippen LogP contribution < -0.4 is 4.72 Å². The Labute approximate surface area is 147 Å². The quantitative estimate of drug-likeness (QED) is 0.889. The van der Waals surface area contributed by atoms with Gasteiger partial charge in [0.25, 0.3) is 10.0 Å². The predicted octanol–water partition coefficient (Wildman–Crippen LogP) is 3.06. The first-order chi connectivity index (χ1) is 11.8. The molecule has 0 saturated carbocycles. The molecular formula is C18H20N2O4S. The zero-order valence-electron chi connectivity index (χ0n) is 14.2. The number of nitrogens with one attached hydrogen (secondary N) is 1. The number of carbonyl (C=O) groups excluding carboxylic acids is 1. The Morgan fingerprint density at radius 1 is 1.16 bits per heavy atom. The summed E-state index contributed by atoms with van der Waals surface area (Å²) < 4.78 is 32.9. The van der Waals surface area contributed by atoms with E-state index in [9.17, 15) is 13.2 Å². The molecule has 7 heteroatoms. The Morgan fingerprint density at radius 2 is 1.96 bits per heavy atom. The summed E-state index contributed by atoms with van der Waals surface area (Å²) in [6.45, 7) is 4.94. The molecule has 1 aliphatic heterocycles. The molecule has 1 amide bonds. The molecule has 132 valence electrons. The van der Waals surface area contributed by atoms with E-state index in [-0.39, 0.29) is 11.0 Å². The molecule has 2 aromatic rings. The fraction of sp³-hybridized carbons (Fsp3) is 0.278. The normalized spacial score (nSPS) is 14.5. The van der Waals surface area contributed by atoms with Crippen molar-refractivity contribution >= 4 is 21.8 Å². The molecule has 6 nitrogen and oxygen atoms in total. The van der Waals surface area contributed by atoms with E-state index in [1.807, 2.05) is 19.1 Å². The van der Waals surface area contributed by atoms with Crippen molar-refractivity contribution in [1.82, 2.24) is 4.90 Å². The number of nitrogens with zero attached hydrogens (tertiary/aromatic N) is 1. The van der Waals surface area contributed by atoms with Crippen molar-refractivity contribution in [2.24, 2.45) is 0 Å². The van der Waals surface area contributed by atoms with Gasteiger partial charge in [0.15, 0.2) is 0 Å². The Balaban J connectivity index is 1.81. The number of aryl methyl sites for hydroxylation is 2. The minimum absolute atomic E-state index is 0.265. The molecule has 2 aromatic carbocycles. The molecule has 1 N–H and O–H groups in total. The second-order valence-electron chi connectivity index (χ2n) is 6.11. The van der Waals surface area contributed by atoms with E-state index in [0.29, 0.717) is 30.9 Å². The fourth-order valence-corrected chi connectivity index (χ4v) is 4.11. The Hall–Kier alpha value is -2.54. The molecule has 0 unspecified atom stereocenters. The SMILES string of the molecule is Cc1ccc(C)c(S(=O)(=O)Nc2cccc(CN3CCOC3=O)c2)c1. The van der Waals surface area contributed by atoms with Crippen LogP contribution in [0.5, 0.6) is 0 Å². The van der Waals surface area contributed by atoms with Gasteiger partial charge in [-0.15, -0.1) is 0 Å². The maximum atomic E-state index is 12.7. The van der Waals surface area contributed by atoms with Crippen LogP contribution in [0.4, 0.5) is 10.5 Å². The topological polar surface area (TPSA) is 75.7 Å². The molecule has 25 heavy (non-hydrogen) atoms. The smallest absolute Gasteiger partial charge is 0.410 e. The third-order valence-electron chi connectivity index (χ3n) is 4.03. The van der Waals surface area contributed by atoms with Crippen molar-refractivity contribution in [2.45, 2.75) is 25.3 Å². The monoisotopic (exact) mass is 360 g/mol. The van der Waals surface area contributed by atoms with Crippen LogP contribution in [0.2, 0.25) is 0 Å². The van der Waals surface area contributed by atoms with E-state index >= 15 is 0 Å². The third-order valence-corrected chi connectivity index (χ3v) is 5.55. The van der Waals surface area contributed by atoms with Crippen molar-refractivity contribution in [3.8, 4) is 0 Å². The molecule has 0 aliphatic carbocycles. The van der Waals surface area contributed by atoms with Crippen LogP contribution in [0, 0.1) is 13.8 Å². The predicted molar refractivity (Wildman–Crippen MR) is 94.9 cm³/mol. The number of carbonyl (C=O) groups is 1. The van der Waals surface area contributed by atoms with Gasteiger partial charge in [0.2, 0.25) is 0 Å². The van der Waals surface area contributed by atoms with E-state index in [4.69, 9.17) is 4.74 Å². The summed E-state index contributed by atoms with van der Waals surface area (Å²) in [5.41, 5.74) is 2.87. The molecule has 0 aromatic heterocycles. The zero-order valence-corrected chi connectivity index (χ0v) is 15.0. The van der Waals surface area contributed by atoms with Crippen molar-refractivity contribution in [1.29, 1.82) is 0 Å². The Kier molecular flexibility index (Phi) is 4.67. The summed E-state index contributed by atoms with van der Waals surface area (Å²) in [4.78, 5) is 13.4. The maximum Gasteiger partial charge on any atom is 0.410 e. The highest BCUT2D eigenvalue weighted by atomic mass is 32.2. The zero-order chi connectivity index (χ0) is 18.0. The molecule has 1 saturated heterocycles. The van der Waals surface area contributed by atoms with E-state index in [0.717, 1.165) is 11.1 Å². The molecule has 0 atom stereocenters. The van der Waals surface area contributed by atoms with Crippen molar-refractivity contribution in [3.05, 3.63) is 59.2 Å². The van der Waals surface area contributed by atoms with Gasteiger partial charge in [-0.25, -0.2) is 13.2 Å². The molecule has 0 radical (unpaired) electrons. The van der Waals surface area contributed by atoms with Crippen molar-refractivity contribution in [2.75, 3.05) is 17.9 Å². The molecule has 3 rings (SSSR count). The lowest BCUT2D eigenvalue weighted by Crippen LogP contribution is -2.23. The molecular weight excluding hydrogens is 340 g/mol. The van der Waals surface area contributed by atoms with Crippen LogP contribution in [0.1, 0.15) is 16.7 Å². The molecule has 1 heterocycles. The van der Waals surface area contributed by atoms with Gasteiger partial charge in [-0.3, -0.25) is 4.72 Å². The van der Waals surface area contributed by atoms with Crippen LogP contribution in [0.3, 0.4) is 0 Å². The van der Waals surface area contributed by atoms with Crippen LogP contribution in [-0.4, -0.2) is 32.6 Å². The summed E-state index contributed by atoms with van der Waals surface area (Å²) in [6, 6.07) is 12.4. The van der Waals surface area contributed by atoms with Gasteiger partial charge in [0, 0.05) is 12.2 Å². The number of hydrogen-bond acceptors (Lipinski definition) is 4. The molecule has 1 fully saturated rings. The van der Waals surface area contributed by atoms with Crippen molar-refractivity contribution in [3.63, 3.8) is 0 Å². The van der Waals surface area contributed by atoms with E-state index in [1.54, 1.807) is 42.2 Å². The maximum absolute atomic E-state index is 12.7. The van der Waals surface area contributed by atoms with Crippen molar-refractivity contribution < 1.29 is 17.9 Å². The van der Waals surface area contributed by atoms with Gasteiger partial charge in [0.1, 0.15) is 6.61 Å². The Morgan fingerprint density at radius 3 is 2.68 bits per heavy atom. The average molecular weight is 360 g/mol. The second-order valence-corrected chi connectivity index (χ2v) is 7.76. The van der Waals surface area contributed by atoms with E-state index in [2.05, 4.69) is 4.72 Å². The number of cyclic esters (lactones) is 1. The molecule has 1 aliphatic rings. The van der Waals surface area contributed by atoms with Gasteiger partial charge in [-0.2, -0.15) is 0 Å². The lowest BCUT2D eigenvalue weighted by molar-refractivity contribution is 0.157. The number of hydrogen-bond donors (Lipinski definition) is 1. The van der Waals surface area contributed by atoms with Gasteiger partial charge in [-0.1, -0.05) is 24.3 Å². The number of amides is 1. The number of benzene rings is 2. The van der Waals surface area contributed by atoms with Crippen LogP contribution in [-0.2, 0) is 21.3 Å². The van der Waals surface area contributed by atoms with E-state index in [1.165, 1.54) is 0 Å². The minimum Gasteiger partial charge on any atom is -0.448 e. The van der Waals surface area contributed by atoms with Crippen LogP contribution in [0.15, 0.2) is 47.4 Å². The summed E-state index contributed by atoms with van der Waals surface area (Å²) in [6.07, 6.45) is -0.346. The first-order valence-corrected chi connectivity index (χ1v) is 9.44. The third kappa shape index (κ3) is 3.93. The highest BCUT2D eigenvalue weighted by Crippen LogP contribution is 2.22. The molecule has 0 spiro atoms. The first kappa shape index (κ1) is 17.3. The van der Waals surface area contributed by atoms with Gasteiger partial charge < -0.3 is 9.64 Å². The lowest BCUT2D eigenvalue weighted by Gasteiger charge is -2.15. The summed E-state index contributed by atoms with van der Waals surface area (Å²) in [7, 11) is -3.68. The average Bonchev–Trinajstić information content (AvgIpc) is 2.94. The van der Waals surface area contributed by atoms with Crippen LogP contribution >= 0.6 is 0 Å². The number of anilines is 1. The summed E-state index contributed by atoms with van der Waals surface area (Å²) >= 11 is 0.